The van der Waals surface area contributed by atoms with Crippen molar-refractivity contribution in [2.45, 2.75) is 51.7 Å². The van der Waals surface area contributed by atoms with Crippen molar-refractivity contribution in [3.8, 4) is 0 Å². The molecule has 3 saturated heterocycles. The van der Waals surface area contributed by atoms with Gasteiger partial charge in [0.1, 0.15) is 6.10 Å². The third-order valence-corrected chi connectivity index (χ3v) is 5.93. The van der Waals surface area contributed by atoms with Crippen LogP contribution in [0.15, 0.2) is 6.07 Å². The van der Waals surface area contributed by atoms with Gasteiger partial charge in [-0.1, -0.05) is 0 Å². The quantitative estimate of drug-likeness (QED) is 0.815. The zero-order valence-corrected chi connectivity index (χ0v) is 15.7. The summed E-state index contributed by atoms with van der Waals surface area (Å²) in [6, 6.07) is 2.37. The highest BCUT2D eigenvalue weighted by Crippen LogP contribution is 2.28. The molecule has 3 aliphatic heterocycles. The first-order valence-electron chi connectivity index (χ1n) is 9.75. The van der Waals surface area contributed by atoms with Crippen LogP contribution in [0.3, 0.4) is 0 Å². The Kier molecular flexibility index (Phi) is 4.73. The average molecular weight is 360 g/mol. The van der Waals surface area contributed by atoms with Crippen molar-refractivity contribution >= 4 is 11.8 Å². The molecule has 0 spiro atoms. The molecule has 0 aromatic carbocycles. The predicted octanol–water partition coefficient (Wildman–Crippen LogP) is 1.30. The molecule has 0 bridgehead atoms. The molecule has 1 aromatic heterocycles. The number of hydrogen-bond donors (Lipinski definition) is 0. The van der Waals surface area contributed by atoms with Gasteiger partial charge in [-0.25, -0.2) is 0 Å². The molecule has 1 atom stereocenters. The monoisotopic (exact) mass is 360 g/mol. The standard InChI is InChI=1S/C19H28N4O3/c1-13-10-14(2)23(20-13)16-11-22(12-16)18(24)15-5-7-21(8-6-15)19(25)17-4-3-9-26-17/h10,15-17H,3-9,11-12H2,1-2H3/t17-/m0/s1. The normalized spacial score (nSPS) is 24.8. The third-order valence-electron chi connectivity index (χ3n) is 5.93. The van der Waals surface area contributed by atoms with E-state index in [1.807, 2.05) is 21.4 Å². The molecule has 7 nitrogen and oxygen atoms in total. The molecule has 0 N–H and O–H groups in total. The summed E-state index contributed by atoms with van der Waals surface area (Å²) in [5.41, 5.74) is 2.18. The van der Waals surface area contributed by atoms with Crippen LogP contribution in [-0.4, -0.2) is 70.3 Å². The van der Waals surface area contributed by atoms with E-state index in [9.17, 15) is 9.59 Å². The van der Waals surface area contributed by atoms with E-state index in [4.69, 9.17) is 4.74 Å². The average Bonchev–Trinajstić information content (AvgIpc) is 3.23. The van der Waals surface area contributed by atoms with E-state index < -0.39 is 0 Å². The van der Waals surface area contributed by atoms with Gasteiger partial charge in [0.15, 0.2) is 0 Å². The Labute approximate surface area is 154 Å². The minimum Gasteiger partial charge on any atom is -0.368 e. The van der Waals surface area contributed by atoms with Crippen LogP contribution in [0.2, 0.25) is 0 Å². The molecule has 4 rings (SSSR count). The highest BCUT2D eigenvalue weighted by molar-refractivity contribution is 5.82. The highest BCUT2D eigenvalue weighted by atomic mass is 16.5. The molecule has 3 fully saturated rings. The number of piperidine rings is 1. The van der Waals surface area contributed by atoms with Crippen molar-refractivity contribution in [1.29, 1.82) is 0 Å². The lowest BCUT2D eigenvalue weighted by Crippen LogP contribution is -2.54. The Balaban J connectivity index is 1.25. The molecule has 7 heteroatoms. The first-order chi connectivity index (χ1) is 12.5. The number of carbonyl (C=O) groups is 2. The summed E-state index contributed by atoms with van der Waals surface area (Å²) in [7, 11) is 0. The van der Waals surface area contributed by atoms with Gasteiger partial charge >= 0.3 is 0 Å². The van der Waals surface area contributed by atoms with Crippen LogP contribution in [0, 0.1) is 19.8 Å². The Morgan fingerprint density at radius 2 is 1.81 bits per heavy atom. The summed E-state index contributed by atoms with van der Waals surface area (Å²) in [5, 5.41) is 4.53. The molecule has 1 aromatic rings. The van der Waals surface area contributed by atoms with E-state index in [2.05, 4.69) is 18.1 Å². The van der Waals surface area contributed by atoms with E-state index >= 15 is 0 Å². The van der Waals surface area contributed by atoms with Crippen LogP contribution < -0.4 is 0 Å². The molecular weight excluding hydrogens is 332 g/mol. The van der Waals surface area contributed by atoms with Gasteiger partial charge in [0.25, 0.3) is 5.91 Å². The van der Waals surface area contributed by atoms with Crippen LogP contribution in [0.4, 0.5) is 0 Å². The Morgan fingerprint density at radius 1 is 1.08 bits per heavy atom. The fourth-order valence-electron chi connectivity index (χ4n) is 4.39. The van der Waals surface area contributed by atoms with Crippen molar-refractivity contribution in [2.24, 2.45) is 5.92 Å². The lowest BCUT2D eigenvalue weighted by molar-refractivity contribution is -0.148. The second-order valence-corrected chi connectivity index (χ2v) is 7.87. The maximum atomic E-state index is 12.7. The Bertz CT molecular complexity index is 681. The second-order valence-electron chi connectivity index (χ2n) is 7.87. The predicted molar refractivity (Wildman–Crippen MR) is 95.6 cm³/mol. The number of likely N-dealkylation sites (tertiary alicyclic amines) is 2. The smallest absolute Gasteiger partial charge is 0.251 e. The first kappa shape index (κ1) is 17.5. The number of hydrogen-bond acceptors (Lipinski definition) is 4. The molecule has 0 aliphatic carbocycles. The number of nitrogens with zero attached hydrogens (tertiary/aromatic N) is 4. The van der Waals surface area contributed by atoms with Crippen molar-refractivity contribution in [3.63, 3.8) is 0 Å². The maximum absolute atomic E-state index is 12.7. The maximum Gasteiger partial charge on any atom is 0.251 e. The van der Waals surface area contributed by atoms with E-state index in [-0.39, 0.29) is 23.8 Å². The minimum absolute atomic E-state index is 0.0463. The molecule has 3 aliphatic rings. The highest BCUT2D eigenvalue weighted by Gasteiger charge is 2.38. The van der Waals surface area contributed by atoms with Crippen LogP contribution in [0.5, 0.6) is 0 Å². The van der Waals surface area contributed by atoms with Gasteiger partial charge in [-0.05, 0) is 45.6 Å². The summed E-state index contributed by atoms with van der Waals surface area (Å²) in [6.45, 7) is 7.58. The molecule has 0 saturated carbocycles. The van der Waals surface area contributed by atoms with Gasteiger partial charge in [-0.3, -0.25) is 14.3 Å². The van der Waals surface area contributed by atoms with E-state index in [1.54, 1.807) is 0 Å². The fourth-order valence-corrected chi connectivity index (χ4v) is 4.39. The lowest BCUT2D eigenvalue weighted by Gasteiger charge is -2.43. The number of ether oxygens (including phenoxy) is 1. The number of carbonyl (C=O) groups excluding carboxylic acids is 2. The van der Waals surface area contributed by atoms with Crippen molar-refractivity contribution < 1.29 is 14.3 Å². The Hall–Kier alpha value is -1.89. The van der Waals surface area contributed by atoms with Gasteiger partial charge < -0.3 is 14.5 Å². The number of aryl methyl sites for hydroxylation is 2. The SMILES string of the molecule is Cc1cc(C)n(C2CN(C(=O)C3CCN(C(=O)[C@@H]4CCCO4)CC3)C2)n1. The summed E-state index contributed by atoms with van der Waals surface area (Å²) in [6.07, 6.45) is 3.08. The zero-order chi connectivity index (χ0) is 18.3. The minimum atomic E-state index is -0.251. The lowest BCUT2D eigenvalue weighted by atomic mass is 9.93. The molecule has 4 heterocycles. The van der Waals surface area contributed by atoms with E-state index in [0.29, 0.717) is 25.7 Å². The number of aromatic nitrogens is 2. The summed E-state index contributed by atoms with van der Waals surface area (Å²) < 4.78 is 7.54. The Morgan fingerprint density at radius 3 is 2.38 bits per heavy atom. The van der Waals surface area contributed by atoms with Crippen LogP contribution >= 0.6 is 0 Å². The van der Waals surface area contributed by atoms with Crippen molar-refractivity contribution in [1.82, 2.24) is 19.6 Å². The number of amides is 2. The topological polar surface area (TPSA) is 67.7 Å². The van der Waals surface area contributed by atoms with Crippen LogP contribution in [0.1, 0.15) is 43.1 Å². The third kappa shape index (κ3) is 3.24. The number of rotatable bonds is 3. The van der Waals surface area contributed by atoms with Gasteiger partial charge in [-0.2, -0.15) is 5.10 Å². The van der Waals surface area contributed by atoms with Crippen LogP contribution in [-0.2, 0) is 14.3 Å². The molecule has 0 unspecified atom stereocenters. The van der Waals surface area contributed by atoms with E-state index in [0.717, 1.165) is 50.2 Å². The largest absolute Gasteiger partial charge is 0.368 e. The van der Waals surface area contributed by atoms with E-state index in [1.165, 1.54) is 0 Å². The second kappa shape index (κ2) is 7.02. The van der Waals surface area contributed by atoms with Gasteiger partial charge in [0, 0.05) is 44.4 Å². The van der Waals surface area contributed by atoms with Gasteiger partial charge in [0.2, 0.25) is 5.91 Å². The zero-order valence-electron chi connectivity index (χ0n) is 15.7. The van der Waals surface area contributed by atoms with Crippen LogP contribution in [0.25, 0.3) is 0 Å². The van der Waals surface area contributed by atoms with Crippen molar-refractivity contribution in [3.05, 3.63) is 17.5 Å². The molecular formula is C19H28N4O3. The molecule has 142 valence electrons. The fraction of sp³-hybridized carbons (Fsp3) is 0.737. The summed E-state index contributed by atoms with van der Waals surface area (Å²) in [4.78, 5) is 29.0. The molecule has 2 amide bonds. The molecule has 0 radical (unpaired) electrons. The van der Waals surface area contributed by atoms with Crippen molar-refractivity contribution in [2.75, 3.05) is 32.8 Å². The first-order valence-corrected chi connectivity index (χ1v) is 9.75. The molecule has 26 heavy (non-hydrogen) atoms. The van der Waals surface area contributed by atoms with Gasteiger partial charge in [0.05, 0.1) is 11.7 Å². The van der Waals surface area contributed by atoms with Gasteiger partial charge in [-0.15, -0.1) is 0 Å². The summed E-state index contributed by atoms with van der Waals surface area (Å²) >= 11 is 0. The summed E-state index contributed by atoms with van der Waals surface area (Å²) in [5.74, 6) is 0.402.